The molecule has 0 unspecified atom stereocenters. The van der Waals surface area contributed by atoms with Gasteiger partial charge in [0.1, 0.15) is 5.56 Å². The minimum absolute atomic E-state index is 0. The Bertz CT molecular complexity index is 1210. The van der Waals surface area contributed by atoms with Gasteiger partial charge in [-0.25, -0.2) is 9.50 Å². The molecule has 0 atom stereocenters. The lowest BCUT2D eigenvalue weighted by molar-refractivity contribution is 0.102. The van der Waals surface area contributed by atoms with E-state index < -0.39 is 0 Å². The molecule has 10 heteroatoms. The topological polar surface area (TPSA) is 101 Å². The molecule has 30 heavy (non-hydrogen) atoms. The smallest absolute Gasteiger partial charge is 0.261 e. The highest BCUT2D eigenvalue weighted by atomic mass is 35.5. The van der Waals surface area contributed by atoms with Crippen LogP contribution in [0, 0.1) is 0 Å². The number of aromatic nitrogens is 5. The molecule has 3 aromatic heterocycles. The average Bonchev–Trinajstić information content (AvgIpc) is 3.30. The maximum atomic E-state index is 13.0. The van der Waals surface area contributed by atoms with Crippen molar-refractivity contribution in [2.45, 2.75) is 18.9 Å². The second-order valence-electron chi connectivity index (χ2n) is 7.35. The second kappa shape index (κ2) is 7.92. The Balaban J connectivity index is 0.00000218. The number of carbonyl (C=O) groups excluding carboxylic acids is 1. The summed E-state index contributed by atoms with van der Waals surface area (Å²) in [5.74, 6) is -0.271. The fourth-order valence-corrected chi connectivity index (χ4v) is 3.83. The summed E-state index contributed by atoms with van der Waals surface area (Å²) in [6.45, 7) is 1.46. The van der Waals surface area contributed by atoms with Crippen LogP contribution in [0.25, 0.3) is 16.6 Å². The number of nitrogens with one attached hydrogen (secondary N) is 1. The van der Waals surface area contributed by atoms with Crippen LogP contribution in [0.3, 0.4) is 0 Å². The van der Waals surface area contributed by atoms with E-state index in [2.05, 4.69) is 25.4 Å². The number of benzene rings is 1. The first-order chi connectivity index (χ1) is 14.1. The molecule has 1 amide bonds. The summed E-state index contributed by atoms with van der Waals surface area (Å²) in [6.07, 6.45) is 8.01. The van der Waals surface area contributed by atoms with Gasteiger partial charge in [-0.3, -0.25) is 9.48 Å². The monoisotopic (exact) mass is 427 g/mol. The van der Waals surface area contributed by atoms with Gasteiger partial charge in [0.05, 0.1) is 29.2 Å². The van der Waals surface area contributed by atoms with E-state index in [1.54, 1.807) is 27.7 Å². The second-order valence-corrected chi connectivity index (χ2v) is 7.35. The number of rotatable bonds is 3. The molecular weight excluding hydrogens is 406 g/mol. The number of anilines is 2. The summed E-state index contributed by atoms with van der Waals surface area (Å²) in [5, 5.41) is 22.6. The molecule has 0 saturated carbocycles. The van der Waals surface area contributed by atoms with Crippen LogP contribution >= 0.6 is 12.4 Å². The Labute approximate surface area is 178 Å². The number of hydrogen-bond acceptors (Lipinski definition) is 6. The number of aliphatic hydroxyl groups excluding tert-OH is 1. The van der Waals surface area contributed by atoms with E-state index in [0.717, 1.165) is 29.7 Å². The Morgan fingerprint density at radius 2 is 2.07 bits per heavy atom. The van der Waals surface area contributed by atoms with Crippen LogP contribution in [-0.4, -0.2) is 54.6 Å². The van der Waals surface area contributed by atoms with Gasteiger partial charge >= 0.3 is 0 Å². The number of piperidine rings is 1. The molecule has 4 aromatic rings. The normalized spacial score (nSPS) is 14.8. The van der Waals surface area contributed by atoms with Crippen LogP contribution in [0.5, 0.6) is 0 Å². The van der Waals surface area contributed by atoms with E-state index in [1.165, 1.54) is 6.20 Å². The molecule has 0 bridgehead atoms. The Morgan fingerprint density at radius 3 is 2.87 bits per heavy atom. The molecule has 1 aliphatic rings. The minimum Gasteiger partial charge on any atom is -0.393 e. The number of carbonyl (C=O) groups is 1. The zero-order valence-corrected chi connectivity index (χ0v) is 17.2. The maximum absolute atomic E-state index is 13.0. The van der Waals surface area contributed by atoms with Gasteiger partial charge < -0.3 is 15.3 Å². The number of aryl methyl sites for hydroxylation is 1. The number of hydrogen-bond donors (Lipinski definition) is 2. The van der Waals surface area contributed by atoms with Crippen molar-refractivity contribution in [3.05, 3.63) is 48.5 Å². The fraction of sp³-hybridized carbons (Fsp3) is 0.300. The lowest BCUT2D eigenvalue weighted by Crippen LogP contribution is -2.36. The third-order valence-electron chi connectivity index (χ3n) is 5.31. The summed E-state index contributed by atoms with van der Waals surface area (Å²) >= 11 is 0. The van der Waals surface area contributed by atoms with Crippen molar-refractivity contribution in [2.24, 2.45) is 7.05 Å². The Morgan fingerprint density at radius 1 is 1.27 bits per heavy atom. The summed E-state index contributed by atoms with van der Waals surface area (Å²) in [4.78, 5) is 19.5. The van der Waals surface area contributed by atoms with Crippen molar-refractivity contribution in [3.8, 4) is 0 Å². The zero-order valence-electron chi connectivity index (χ0n) is 16.4. The van der Waals surface area contributed by atoms with Gasteiger partial charge in [-0.1, -0.05) is 0 Å². The van der Waals surface area contributed by atoms with Crippen molar-refractivity contribution in [3.63, 3.8) is 0 Å². The summed E-state index contributed by atoms with van der Waals surface area (Å²) in [6, 6.07) is 5.70. The van der Waals surface area contributed by atoms with E-state index >= 15 is 0 Å². The fourth-order valence-electron chi connectivity index (χ4n) is 3.83. The highest BCUT2D eigenvalue weighted by molar-refractivity contribution is 6.10. The summed E-state index contributed by atoms with van der Waals surface area (Å²) < 4.78 is 3.33. The molecule has 156 valence electrons. The summed E-state index contributed by atoms with van der Waals surface area (Å²) in [7, 11) is 1.87. The van der Waals surface area contributed by atoms with Crippen LogP contribution in [0.1, 0.15) is 23.2 Å². The van der Waals surface area contributed by atoms with E-state index in [0.29, 0.717) is 29.7 Å². The molecule has 0 spiro atoms. The molecule has 1 saturated heterocycles. The van der Waals surface area contributed by atoms with E-state index in [-0.39, 0.29) is 24.4 Å². The maximum Gasteiger partial charge on any atom is 0.261 e. The van der Waals surface area contributed by atoms with Gasteiger partial charge in [-0.15, -0.1) is 12.4 Å². The molecule has 0 radical (unpaired) electrons. The number of nitrogens with zero attached hydrogens (tertiary/aromatic N) is 6. The van der Waals surface area contributed by atoms with Crippen molar-refractivity contribution >= 4 is 46.2 Å². The van der Waals surface area contributed by atoms with Crippen LogP contribution in [0.15, 0.2) is 43.0 Å². The largest absolute Gasteiger partial charge is 0.393 e. The average molecular weight is 428 g/mol. The SMILES string of the molecule is Cl.Cn1cc2cc(N3CCC(O)CC3)c(NC(=O)c3cnn4cccnc34)cc2n1. The molecular formula is C20H22ClN7O2. The number of fused-ring (bicyclic) bond motifs is 2. The van der Waals surface area contributed by atoms with E-state index in [1.807, 2.05) is 25.4 Å². The zero-order chi connectivity index (χ0) is 20.0. The minimum atomic E-state index is -0.271. The third-order valence-corrected chi connectivity index (χ3v) is 5.31. The lowest BCUT2D eigenvalue weighted by atomic mass is 10.1. The number of amides is 1. The first-order valence-corrected chi connectivity index (χ1v) is 9.58. The van der Waals surface area contributed by atoms with Crippen molar-refractivity contribution in [1.82, 2.24) is 24.4 Å². The Hall–Kier alpha value is -3.17. The molecule has 0 aliphatic carbocycles. The molecule has 5 rings (SSSR count). The van der Waals surface area contributed by atoms with Crippen molar-refractivity contribution < 1.29 is 9.90 Å². The molecule has 1 fully saturated rings. The van der Waals surface area contributed by atoms with Crippen molar-refractivity contribution in [1.29, 1.82) is 0 Å². The predicted octanol–water partition coefficient (Wildman–Crippen LogP) is 2.25. The highest BCUT2D eigenvalue weighted by Gasteiger charge is 2.22. The standard InChI is InChI=1S/C20H21N7O2.ClH/c1-25-12-13-9-18(26-7-3-14(28)4-8-26)17(10-16(13)24-25)23-20(29)15-11-22-27-6-2-5-21-19(15)27;/h2,5-6,9-12,14,28H,3-4,7-8H2,1H3,(H,23,29);1H. The molecule has 1 aliphatic heterocycles. The van der Waals surface area contributed by atoms with Crippen LogP contribution in [0.2, 0.25) is 0 Å². The van der Waals surface area contributed by atoms with Gasteiger partial charge in [0.2, 0.25) is 0 Å². The molecule has 9 nitrogen and oxygen atoms in total. The lowest BCUT2D eigenvalue weighted by Gasteiger charge is -2.32. The van der Waals surface area contributed by atoms with Crippen LogP contribution in [0.4, 0.5) is 11.4 Å². The first kappa shape index (κ1) is 20.1. The van der Waals surface area contributed by atoms with Gasteiger partial charge in [-0.05, 0) is 31.0 Å². The Kier molecular flexibility index (Phi) is 5.31. The first-order valence-electron chi connectivity index (χ1n) is 9.58. The summed E-state index contributed by atoms with van der Waals surface area (Å²) in [5.41, 5.74) is 3.34. The molecule has 1 aromatic carbocycles. The molecule has 4 heterocycles. The van der Waals surface area contributed by atoms with E-state index in [9.17, 15) is 9.90 Å². The van der Waals surface area contributed by atoms with E-state index in [4.69, 9.17) is 0 Å². The van der Waals surface area contributed by atoms with Crippen molar-refractivity contribution in [2.75, 3.05) is 23.3 Å². The number of halogens is 1. The van der Waals surface area contributed by atoms with Gasteiger partial charge in [0.15, 0.2) is 5.65 Å². The van der Waals surface area contributed by atoms with Crippen LogP contribution < -0.4 is 10.2 Å². The highest BCUT2D eigenvalue weighted by Crippen LogP contribution is 2.33. The number of aliphatic hydroxyl groups is 1. The van der Waals surface area contributed by atoms with Gasteiger partial charge in [0, 0.05) is 44.1 Å². The molecule has 2 N–H and O–H groups in total. The van der Waals surface area contributed by atoms with Gasteiger partial charge in [-0.2, -0.15) is 10.2 Å². The van der Waals surface area contributed by atoms with Gasteiger partial charge in [0.25, 0.3) is 5.91 Å². The quantitative estimate of drug-likeness (QED) is 0.520. The van der Waals surface area contributed by atoms with Crippen LogP contribution in [-0.2, 0) is 7.05 Å². The predicted molar refractivity (Wildman–Crippen MR) is 116 cm³/mol. The third kappa shape index (κ3) is 3.57.